The standard InChI is InChI=1S/C24H26N2O4/c1-29-20-9-10-21-18(15-20)14-19(23(27)25-21)16-26(24(28)22-8-5-13-30-22)12-11-17-6-3-2-4-7-17/h2-4,6-7,9-10,14-15,22H,5,8,11-13,16H2,1H3,(H,25,27). The minimum absolute atomic E-state index is 0.0476. The van der Waals surface area contributed by atoms with E-state index in [1.165, 1.54) is 0 Å². The molecule has 6 nitrogen and oxygen atoms in total. The average Bonchev–Trinajstić information content (AvgIpc) is 3.32. The number of carbonyl (C=O) groups is 1. The maximum Gasteiger partial charge on any atom is 0.253 e. The van der Waals surface area contributed by atoms with Crippen LogP contribution < -0.4 is 10.3 Å². The van der Waals surface area contributed by atoms with Crippen molar-refractivity contribution in [2.75, 3.05) is 20.3 Å². The number of aromatic amines is 1. The molecule has 0 spiro atoms. The zero-order valence-corrected chi connectivity index (χ0v) is 17.1. The van der Waals surface area contributed by atoms with Gasteiger partial charge in [-0.05, 0) is 49.1 Å². The summed E-state index contributed by atoms with van der Waals surface area (Å²) in [5.74, 6) is 0.672. The molecule has 0 aliphatic carbocycles. The number of hydrogen-bond donors (Lipinski definition) is 1. The lowest BCUT2D eigenvalue weighted by atomic mass is 10.1. The number of benzene rings is 2. The van der Waals surface area contributed by atoms with Crippen LogP contribution in [0.3, 0.4) is 0 Å². The van der Waals surface area contributed by atoms with Gasteiger partial charge in [0.25, 0.3) is 11.5 Å². The molecule has 2 aromatic carbocycles. The van der Waals surface area contributed by atoms with Crippen LogP contribution in [0.25, 0.3) is 10.9 Å². The Bertz CT molecular complexity index is 1070. The first-order chi connectivity index (χ1) is 14.6. The summed E-state index contributed by atoms with van der Waals surface area (Å²) in [5.41, 5.74) is 2.26. The highest BCUT2D eigenvalue weighted by molar-refractivity contribution is 5.82. The quantitative estimate of drug-likeness (QED) is 0.654. The molecule has 0 radical (unpaired) electrons. The van der Waals surface area contributed by atoms with E-state index in [2.05, 4.69) is 4.98 Å². The van der Waals surface area contributed by atoms with Gasteiger partial charge in [-0.25, -0.2) is 0 Å². The normalized spacial score (nSPS) is 16.0. The number of rotatable bonds is 7. The van der Waals surface area contributed by atoms with Crippen molar-refractivity contribution in [3.63, 3.8) is 0 Å². The Morgan fingerprint density at radius 3 is 2.77 bits per heavy atom. The first-order valence-electron chi connectivity index (χ1n) is 10.3. The molecular weight excluding hydrogens is 380 g/mol. The van der Waals surface area contributed by atoms with Crippen molar-refractivity contribution in [1.29, 1.82) is 0 Å². The number of carbonyl (C=O) groups excluding carboxylic acids is 1. The third-order valence-electron chi connectivity index (χ3n) is 5.52. The summed E-state index contributed by atoms with van der Waals surface area (Å²) in [6, 6.07) is 17.4. The van der Waals surface area contributed by atoms with Crippen LogP contribution >= 0.6 is 0 Å². The van der Waals surface area contributed by atoms with Gasteiger partial charge in [-0.1, -0.05) is 30.3 Å². The second-order valence-corrected chi connectivity index (χ2v) is 7.57. The van der Waals surface area contributed by atoms with Crippen molar-refractivity contribution >= 4 is 16.8 Å². The lowest BCUT2D eigenvalue weighted by Crippen LogP contribution is -2.40. The minimum Gasteiger partial charge on any atom is -0.497 e. The predicted molar refractivity (Wildman–Crippen MR) is 116 cm³/mol. The Balaban J connectivity index is 1.60. The molecular formula is C24H26N2O4. The lowest BCUT2D eigenvalue weighted by molar-refractivity contribution is -0.141. The van der Waals surface area contributed by atoms with Crippen LogP contribution in [0.15, 0.2) is 59.4 Å². The number of pyridine rings is 1. The molecule has 1 atom stereocenters. The Morgan fingerprint density at radius 1 is 1.20 bits per heavy atom. The molecule has 6 heteroatoms. The molecule has 2 heterocycles. The van der Waals surface area contributed by atoms with E-state index in [0.29, 0.717) is 18.7 Å². The number of H-pyrrole nitrogens is 1. The Hall–Kier alpha value is -3.12. The van der Waals surface area contributed by atoms with Gasteiger partial charge in [0, 0.05) is 29.6 Å². The van der Waals surface area contributed by atoms with E-state index in [1.54, 1.807) is 12.0 Å². The van der Waals surface area contributed by atoms with Gasteiger partial charge in [0.2, 0.25) is 0 Å². The number of ether oxygens (including phenoxy) is 2. The average molecular weight is 406 g/mol. The number of methoxy groups -OCH3 is 1. The number of amides is 1. The fourth-order valence-corrected chi connectivity index (χ4v) is 3.83. The van der Waals surface area contributed by atoms with Crippen molar-refractivity contribution in [1.82, 2.24) is 9.88 Å². The number of nitrogens with one attached hydrogen (secondary N) is 1. The third-order valence-corrected chi connectivity index (χ3v) is 5.52. The van der Waals surface area contributed by atoms with Gasteiger partial charge < -0.3 is 19.4 Å². The number of aromatic nitrogens is 1. The number of nitrogens with zero attached hydrogens (tertiary/aromatic N) is 1. The van der Waals surface area contributed by atoms with Crippen LogP contribution in [0, 0.1) is 0 Å². The van der Waals surface area contributed by atoms with E-state index in [-0.39, 0.29) is 18.0 Å². The van der Waals surface area contributed by atoms with E-state index in [1.807, 2.05) is 54.6 Å². The van der Waals surface area contributed by atoms with Gasteiger partial charge in [-0.3, -0.25) is 9.59 Å². The summed E-state index contributed by atoms with van der Waals surface area (Å²) >= 11 is 0. The van der Waals surface area contributed by atoms with Gasteiger partial charge in [0.05, 0.1) is 13.7 Å². The SMILES string of the molecule is COc1ccc2[nH]c(=O)c(CN(CCc3ccccc3)C(=O)C3CCCO3)cc2c1. The Morgan fingerprint density at radius 2 is 2.03 bits per heavy atom. The molecule has 1 N–H and O–H groups in total. The summed E-state index contributed by atoms with van der Waals surface area (Å²) in [5, 5.41) is 0.872. The van der Waals surface area contributed by atoms with Crippen molar-refractivity contribution in [2.24, 2.45) is 0 Å². The van der Waals surface area contributed by atoms with Crippen molar-refractivity contribution in [3.8, 4) is 5.75 Å². The molecule has 0 bridgehead atoms. The maximum absolute atomic E-state index is 13.1. The number of fused-ring (bicyclic) bond motifs is 1. The predicted octanol–water partition coefficient (Wildman–Crippen LogP) is 3.29. The van der Waals surface area contributed by atoms with Crippen LogP contribution in [-0.4, -0.2) is 42.2 Å². The van der Waals surface area contributed by atoms with Crippen molar-refractivity contribution < 1.29 is 14.3 Å². The van der Waals surface area contributed by atoms with Crippen LogP contribution in [-0.2, 0) is 22.5 Å². The first kappa shape index (κ1) is 20.2. The third kappa shape index (κ3) is 4.54. The Kier molecular flexibility index (Phi) is 6.14. The minimum atomic E-state index is -0.416. The molecule has 156 valence electrons. The number of hydrogen-bond acceptors (Lipinski definition) is 4. The highest BCUT2D eigenvalue weighted by atomic mass is 16.5. The van der Waals surface area contributed by atoms with Crippen LogP contribution in [0.4, 0.5) is 0 Å². The van der Waals surface area contributed by atoms with Crippen LogP contribution in [0.5, 0.6) is 5.75 Å². The zero-order valence-electron chi connectivity index (χ0n) is 17.1. The van der Waals surface area contributed by atoms with E-state index in [0.717, 1.165) is 41.5 Å². The molecule has 1 amide bonds. The fourth-order valence-electron chi connectivity index (χ4n) is 3.83. The van der Waals surface area contributed by atoms with Crippen LogP contribution in [0.2, 0.25) is 0 Å². The molecule has 4 rings (SSSR count). The second-order valence-electron chi connectivity index (χ2n) is 7.57. The molecule has 3 aromatic rings. The van der Waals surface area contributed by atoms with E-state index < -0.39 is 6.10 Å². The first-order valence-corrected chi connectivity index (χ1v) is 10.3. The summed E-state index contributed by atoms with van der Waals surface area (Å²) < 4.78 is 10.9. The summed E-state index contributed by atoms with van der Waals surface area (Å²) in [7, 11) is 1.61. The second kappa shape index (κ2) is 9.13. The maximum atomic E-state index is 13.1. The van der Waals surface area contributed by atoms with Crippen molar-refractivity contribution in [3.05, 3.63) is 76.1 Å². The molecule has 1 aliphatic heterocycles. The summed E-state index contributed by atoms with van der Waals surface area (Å²) in [6.45, 7) is 1.38. The van der Waals surface area contributed by atoms with Gasteiger partial charge in [0.1, 0.15) is 11.9 Å². The topological polar surface area (TPSA) is 71.6 Å². The van der Waals surface area contributed by atoms with Crippen LogP contribution in [0.1, 0.15) is 24.0 Å². The van der Waals surface area contributed by atoms with Gasteiger partial charge in [-0.15, -0.1) is 0 Å². The molecule has 1 aliphatic rings. The molecule has 1 fully saturated rings. The molecule has 30 heavy (non-hydrogen) atoms. The largest absolute Gasteiger partial charge is 0.497 e. The van der Waals surface area contributed by atoms with Gasteiger partial charge >= 0.3 is 0 Å². The summed E-state index contributed by atoms with van der Waals surface area (Å²) in [4.78, 5) is 30.5. The highest BCUT2D eigenvalue weighted by Crippen LogP contribution is 2.20. The van der Waals surface area contributed by atoms with Crippen molar-refractivity contribution in [2.45, 2.75) is 31.9 Å². The monoisotopic (exact) mass is 406 g/mol. The highest BCUT2D eigenvalue weighted by Gasteiger charge is 2.28. The molecule has 1 saturated heterocycles. The van der Waals surface area contributed by atoms with Gasteiger partial charge in [-0.2, -0.15) is 0 Å². The Labute approximate surface area is 175 Å². The fraction of sp³-hybridized carbons (Fsp3) is 0.333. The van der Waals surface area contributed by atoms with E-state index in [4.69, 9.17) is 9.47 Å². The molecule has 1 aromatic heterocycles. The smallest absolute Gasteiger partial charge is 0.253 e. The molecule has 1 unspecified atom stereocenters. The van der Waals surface area contributed by atoms with Gasteiger partial charge in [0.15, 0.2) is 0 Å². The zero-order chi connectivity index (χ0) is 20.9. The molecule has 0 saturated carbocycles. The van der Waals surface area contributed by atoms with E-state index >= 15 is 0 Å². The summed E-state index contributed by atoms with van der Waals surface area (Å²) in [6.07, 6.45) is 1.92. The van der Waals surface area contributed by atoms with E-state index in [9.17, 15) is 9.59 Å². The lowest BCUT2D eigenvalue weighted by Gasteiger charge is -2.25.